The van der Waals surface area contributed by atoms with Gasteiger partial charge in [-0.3, -0.25) is 0 Å². The lowest BCUT2D eigenvalue weighted by atomic mass is 9.96. The number of nitrogens with two attached hydrogens (primary N) is 1. The van der Waals surface area contributed by atoms with Crippen LogP contribution in [0.25, 0.3) is 0 Å². The van der Waals surface area contributed by atoms with Crippen molar-refractivity contribution in [3.63, 3.8) is 0 Å². The summed E-state index contributed by atoms with van der Waals surface area (Å²) in [5.41, 5.74) is 10.5. The average molecular weight is 245 g/mol. The van der Waals surface area contributed by atoms with Gasteiger partial charge in [0.2, 0.25) is 0 Å². The maximum absolute atomic E-state index is 6.30. The van der Waals surface area contributed by atoms with Gasteiger partial charge in [0, 0.05) is 18.8 Å². The lowest BCUT2D eigenvalue weighted by molar-refractivity contribution is 0.406. The van der Waals surface area contributed by atoms with Crippen molar-refractivity contribution in [1.29, 1.82) is 0 Å². The molecule has 0 aliphatic carbocycles. The third-order valence-corrected chi connectivity index (χ3v) is 3.07. The fourth-order valence-corrected chi connectivity index (χ4v) is 2.25. The molecule has 4 nitrogen and oxygen atoms in total. The third kappa shape index (κ3) is 2.24. The molecule has 1 aromatic carbocycles. The number of methoxy groups -OCH3 is 1. The molecule has 18 heavy (non-hydrogen) atoms. The van der Waals surface area contributed by atoms with Gasteiger partial charge in [-0.1, -0.05) is 6.07 Å². The molecule has 2 N–H and O–H groups in total. The summed E-state index contributed by atoms with van der Waals surface area (Å²) < 4.78 is 7.34. The summed E-state index contributed by atoms with van der Waals surface area (Å²) in [5.74, 6) is 0.825. The van der Waals surface area contributed by atoms with Gasteiger partial charge in [0.15, 0.2) is 0 Å². The first-order valence-electron chi connectivity index (χ1n) is 5.91. The van der Waals surface area contributed by atoms with Crippen LogP contribution < -0.4 is 10.5 Å². The summed E-state index contributed by atoms with van der Waals surface area (Å²) in [6.07, 6.45) is 3.69. The molecule has 4 heteroatoms. The van der Waals surface area contributed by atoms with Crippen molar-refractivity contribution < 1.29 is 4.74 Å². The predicted molar refractivity (Wildman–Crippen MR) is 71.7 cm³/mol. The Kier molecular flexibility index (Phi) is 3.39. The molecule has 0 fully saturated rings. The van der Waals surface area contributed by atoms with Crippen LogP contribution in [0.1, 0.15) is 28.4 Å². The first-order chi connectivity index (χ1) is 8.52. The second kappa shape index (κ2) is 4.82. The molecule has 0 radical (unpaired) electrons. The van der Waals surface area contributed by atoms with E-state index in [-0.39, 0.29) is 6.04 Å². The van der Waals surface area contributed by atoms with Crippen LogP contribution in [0.2, 0.25) is 0 Å². The van der Waals surface area contributed by atoms with Gasteiger partial charge < -0.3 is 15.0 Å². The maximum atomic E-state index is 6.30. The Labute approximate surface area is 107 Å². The maximum Gasteiger partial charge on any atom is 0.124 e. The number of aromatic nitrogens is 2. The van der Waals surface area contributed by atoms with Crippen LogP contribution in [0.15, 0.2) is 24.7 Å². The molecular weight excluding hydrogens is 226 g/mol. The predicted octanol–water partition coefficient (Wildman–Crippen LogP) is 2.09. The van der Waals surface area contributed by atoms with E-state index in [0.717, 1.165) is 22.6 Å². The molecule has 1 heterocycles. The minimum atomic E-state index is -0.262. The van der Waals surface area contributed by atoms with Crippen molar-refractivity contribution in [3.8, 4) is 5.75 Å². The minimum absolute atomic E-state index is 0.262. The van der Waals surface area contributed by atoms with Gasteiger partial charge in [-0.25, -0.2) is 4.98 Å². The van der Waals surface area contributed by atoms with Crippen LogP contribution in [0.5, 0.6) is 5.75 Å². The molecule has 96 valence electrons. The SMILES string of the molecule is COc1cc(C)cc(C)c1C(N)c1cn(C)cn1. The molecule has 0 spiro atoms. The highest BCUT2D eigenvalue weighted by Crippen LogP contribution is 2.31. The number of hydrogen-bond acceptors (Lipinski definition) is 3. The number of nitrogens with zero attached hydrogens (tertiary/aromatic N) is 2. The van der Waals surface area contributed by atoms with E-state index in [4.69, 9.17) is 10.5 Å². The lowest BCUT2D eigenvalue weighted by Gasteiger charge is -2.17. The van der Waals surface area contributed by atoms with E-state index in [1.54, 1.807) is 13.4 Å². The van der Waals surface area contributed by atoms with Crippen molar-refractivity contribution in [2.45, 2.75) is 19.9 Å². The van der Waals surface area contributed by atoms with E-state index in [0.29, 0.717) is 0 Å². The topological polar surface area (TPSA) is 53.1 Å². The van der Waals surface area contributed by atoms with E-state index in [1.807, 2.05) is 37.7 Å². The van der Waals surface area contributed by atoms with E-state index in [1.165, 1.54) is 5.56 Å². The molecule has 0 bridgehead atoms. The van der Waals surface area contributed by atoms with Gasteiger partial charge in [-0.2, -0.15) is 0 Å². The van der Waals surface area contributed by atoms with Crippen LogP contribution in [0, 0.1) is 13.8 Å². The molecule has 0 amide bonds. The highest BCUT2D eigenvalue weighted by atomic mass is 16.5. The summed E-state index contributed by atoms with van der Waals surface area (Å²) in [4.78, 5) is 4.31. The number of hydrogen-bond donors (Lipinski definition) is 1. The smallest absolute Gasteiger partial charge is 0.124 e. The largest absolute Gasteiger partial charge is 0.496 e. The zero-order valence-electron chi connectivity index (χ0n) is 11.3. The van der Waals surface area contributed by atoms with Gasteiger partial charge in [0.25, 0.3) is 0 Å². The van der Waals surface area contributed by atoms with E-state index < -0.39 is 0 Å². The molecule has 0 aliphatic heterocycles. The monoisotopic (exact) mass is 245 g/mol. The summed E-state index contributed by atoms with van der Waals surface area (Å²) in [5, 5.41) is 0. The van der Waals surface area contributed by atoms with Crippen LogP contribution in [-0.2, 0) is 7.05 Å². The molecule has 2 rings (SSSR count). The second-order valence-corrected chi connectivity index (χ2v) is 4.64. The summed E-state index contributed by atoms with van der Waals surface area (Å²) >= 11 is 0. The highest BCUT2D eigenvalue weighted by molar-refractivity contribution is 5.47. The summed E-state index contributed by atoms with van der Waals surface area (Å²) in [7, 11) is 3.60. The Hall–Kier alpha value is -1.81. The van der Waals surface area contributed by atoms with Gasteiger partial charge >= 0.3 is 0 Å². The van der Waals surface area contributed by atoms with Crippen molar-refractivity contribution in [3.05, 3.63) is 47.0 Å². The molecule has 2 aromatic rings. The summed E-state index contributed by atoms with van der Waals surface area (Å²) in [6.45, 7) is 4.10. The Balaban J connectivity index is 2.50. The summed E-state index contributed by atoms with van der Waals surface area (Å²) in [6, 6.07) is 3.85. The van der Waals surface area contributed by atoms with Gasteiger partial charge in [0.1, 0.15) is 5.75 Å². The zero-order chi connectivity index (χ0) is 13.3. The zero-order valence-corrected chi connectivity index (χ0v) is 11.3. The van der Waals surface area contributed by atoms with E-state index in [2.05, 4.69) is 11.1 Å². The highest BCUT2D eigenvalue weighted by Gasteiger charge is 2.18. The van der Waals surface area contributed by atoms with Crippen molar-refractivity contribution in [1.82, 2.24) is 9.55 Å². The van der Waals surface area contributed by atoms with Crippen molar-refractivity contribution >= 4 is 0 Å². The second-order valence-electron chi connectivity index (χ2n) is 4.64. The molecule has 1 aromatic heterocycles. The normalized spacial score (nSPS) is 12.5. The lowest BCUT2D eigenvalue weighted by Crippen LogP contribution is -2.15. The first kappa shape index (κ1) is 12.6. The first-order valence-corrected chi connectivity index (χ1v) is 5.91. The standard InChI is InChI=1S/C14H19N3O/c1-9-5-10(2)13(12(6-9)18-4)14(15)11-7-17(3)8-16-11/h5-8,14H,15H2,1-4H3. The van der Waals surface area contributed by atoms with Crippen molar-refractivity contribution in [2.24, 2.45) is 12.8 Å². The number of imidazole rings is 1. The fourth-order valence-electron chi connectivity index (χ4n) is 2.25. The molecule has 0 saturated heterocycles. The number of aryl methyl sites for hydroxylation is 3. The number of ether oxygens (including phenoxy) is 1. The minimum Gasteiger partial charge on any atom is -0.496 e. The van der Waals surface area contributed by atoms with E-state index in [9.17, 15) is 0 Å². The number of benzene rings is 1. The van der Waals surface area contributed by atoms with Gasteiger partial charge in [-0.15, -0.1) is 0 Å². The fraction of sp³-hybridized carbons (Fsp3) is 0.357. The van der Waals surface area contributed by atoms with Gasteiger partial charge in [-0.05, 0) is 31.0 Å². The van der Waals surface area contributed by atoms with Crippen molar-refractivity contribution in [2.75, 3.05) is 7.11 Å². The van der Waals surface area contributed by atoms with E-state index >= 15 is 0 Å². The Morgan fingerprint density at radius 2 is 2.06 bits per heavy atom. The van der Waals surface area contributed by atoms with Crippen LogP contribution in [0.3, 0.4) is 0 Å². The Morgan fingerprint density at radius 1 is 1.33 bits per heavy atom. The van der Waals surface area contributed by atoms with Crippen LogP contribution in [-0.4, -0.2) is 16.7 Å². The Morgan fingerprint density at radius 3 is 2.61 bits per heavy atom. The molecule has 1 atom stereocenters. The molecular formula is C14H19N3O. The third-order valence-electron chi connectivity index (χ3n) is 3.07. The van der Waals surface area contributed by atoms with Gasteiger partial charge in [0.05, 0.1) is 25.2 Å². The molecule has 1 unspecified atom stereocenters. The quantitative estimate of drug-likeness (QED) is 0.901. The molecule has 0 aliphatic rings. The average Bonchev–Trinajstić information content (AvgIpc) is 2.74. The van der Waals surface area contributed by atoms with Crippen LogP contribution in [0.4, 0.5) is 0 Å². The van der Waals surface area contributed by atoms with Crippen LogP contribution >= 0.6 is 0 Å². The Bertz CT molecular complexity index is 560. The molecule has 0 saturated carbocycles. The number of rotatable bonds is 3.